The lowest BCUT2D eigenvalue weighted by Gasteiger charge is -2.27. The van der Waals surface area contributed by atoms with Crippen LogP contribution < -0.4 is 5.32 Å². The number of hydrogen-bond donors (Lipinski definition) is 1. The molecular formula is C14H19N3. The molecule has 3 heteroatoms. The molecule has 1 aliphatic rings. The smallest absolute Gasteiger partial charge is 0.0635 e. The minimum absolute atomic E-state index is 0.587. The normalized spacial score (nSPS) is 19.4. The predicted octanol–water partition coefficient (Wildman–Crippen LogP) is 1.76. The van der Waals surface area contributed by atoms with E-state index in [9.17, 15) is 0 Å². The van der Waals surface area contributed by atoms with Gasteiger partial charge in [-0.05, 0) is 18.5 Å². The first-order valence-electron chi connectivity index (χ1n) is 6.26. The third-order valence-corrected chi connectivity index (χ3v) is 3.29. The van der Waals surface area contributed by atoms with Crippen molar-refractivity contribution in [1.82, 2.24) is 10.2 Å². The summed E-state index contributed by atoms with van der Waals surface area (Å²) in [5, 5.41) is 12.1. The molecule has 1 N–H and O–H groups in total. The molecule has 1 heterocycles. The molecule has 0 unspecified atom stereocenters. The maximum Gasteiger partial charge on any atom is 0.0635 e. The third kappa shape index (κ3) is 3.55. The Bertz CT molecular complexity index is 363. The summed E-state index contributed by atoms with van der Waals surface area (Å²) in [6, 6.07) is 13.3. The van der Waals surface area contributed by atoms with Crippen LogP contribution in [0.2, 0.25) is 0 Å². The first-order valence-corrected chi connectivity index (χ1v) is 6.26. The van der Waals surface area contributed by atoms with Gasteiger partial charge in [0.15, 0.2) is 0 Å². The van der Waals surface area contributed by atoms with Crippen LogP contribution >= 0.6 is 0 Å². The van der Waals surface area contributed by atoms with E-state index in [1.807, 2.05) is 6.07 Å². The van der Waals surface area contributed by atoms with E-state index in [2.05, 4.69) is 40.6 Å². The molecule has 1 atom stereocenters. The Morgan fingerprint density at radius 2 is 2.18 bits per heavy atom. The van der Waals surface area contributed by atoms with Gasteiger partial charge in [0.1, 0.15) is 0 Å². The van der Waals surface area contributed by atoms with Crippen LogP contribution in [0.5, 0.6) is 0 Å². The Morgan fingerprint density at radius 3 is 2.82 bits per heavy atom. The second kappa shape index (κ2) is 6.39. The SMILES string of the molecule is N#CCCN(Cc1ccccc1)[C@H]1CCNC1. The molecule has 1 saturated heterocycles. The lowest BCUT2D eigenvalue weighted by Crippen LogP contribution is -2.37. The summed E-state index contributed by atoms with van der Waals surface area (Å²) in [4.78, 5) is 2.43. The molecule has 17 heavy (non-hydrogen) atoms. The summed E-state index contributed by atoms with van der Waals surface area (Å²) in [6.07, 6.45) is 1.81. The topological polar surface area (TPSA) is 39.1 Å². The molecule has 0 spiro atoms. The highest BCUT2D eigenvalue weighted by Gasteiger charge is 2.21. The summed E-state index contributed by atoms with van der Waals surface area (Å²) < 4.78 is 0. The highest BCUT2D eigenvalue weighted by Crippen LogP contribution is 2.13. The van der Waals surface area contributed by atoms with Crippen LogP contribution in [0.25, 0.3) is 0 Å². The van der Waals surface area contributed by atoms with Crippen LogP contribution in [-0.2, 0) is 6.54 Å². The number of nitriles is 1. The van der Waals surface area contributed by atoms with E-state index in [4.69, 9.17) is 5.26 Å². The molecule has 1 aromatic rings. The van der Waals surface area contributed by atoms with Gasteiger partial charge in [-0.3, -0.25) is 4.90 Å². The molecular weight excluding hydrogens is 210 g/mol. The summed E-state index contributed by atoms with van der Waals surface area (Å²) in [5.41, 5.74) is 1.33. The number of benzene rings is 1. The van der Waals surface area contributed by atoms with Gasteiger partial charge in [-0.25, -0.2) is 0 Å². The zero-order chi connectivity index (χ0) is 11.9. The third-order valence-electron chi connectivity index (χ3n) is 3.29. The second-order valence-electron chi connectivity index (χ2n) is 4.51. The van der Waals surface area contributed by atoms with E-state index < -0.39 is 0 Å². The van der Waals surface area contributed by atoms with E-state index in [-0.39, 0.29) is 0 Å². The largest absolute Gasteiger partial charge is 0.315 e. The fraction of sp³-hybridized carbons (Fsp3) is 0.500. The molecule has 0 radical (unpaired) electrons. The first-order chi connectivity index (χ1) is 8.40. The summed E-state index contributed by atoms with van der Waals surface area (Å²) in [7, 11) is 0. The molecule has 0 saturated carbocycles. The quantitative estimate of drug-likeness (QED) is 0.836. The first kappa shape index (κ1) is 12.1. The molecule has 1 fully saturated rings. The number of nitrogens with one attached hydrogen (secondary N) is 1. The van der Waals surface area contributed by atoms with E-state index in [1.165, 1.54) is 12.0 Å². The van der Waals surface area contributed by atoms with Gasteiger partial charge in [-0.15, -0.1) is 0 Å². The van der Waals surface area contributed by atoms with Crippen LogP contribution in [-0.4, -0.2) is 30.6 Å². The van der Waals surface area contributed by atoms with Crippen molar-refractivity contribution >= 4 is 0 Å². The summed E-state index contributed by atoms with van der Waals surface area (Å²) in [6.45, 7) is 3.98. The van der Waals surface area contributed by atoms with Crippen LogP contribution in [0.4, 0.5) is 0 Å². The van der Waals surface area contributed by atoms with E-state index in [0.717, 1.165) is 26.2 Å². The van der Waals surface area contributed by atoms with E-state index in [0.29, 0.717) is 12.5 Å². The molecule has 3 nitrogen and oxygen atoms in total. The Labute approximate surface area is 103 Å². The van der Waals surface area contributed by atoms with Crippen LogP contribution in [0.3, 0.4) is 0 Å². The van der Waals surface area contributed by atoms with Crippen molar-refractivity contribution in [2.24, 2.45) is 0 Å². The number of nitrogens with zero attached hydrogens (tertiary/aromatic N) is 2. The van der Waals surface area contributed by atoms with Gasteiger partial charge in [0, 0.05) is 32.1 Å². The highest BCUT2D eigenvalue weighted by molar-refractivity contribution is 5.14. The monoisotopic (exact) mass is 229 g/mol. The van der Waals surface area contributed by atoms with Crippen molar-refractivity contribution in [2.75, 3.05) is 19.6 Å². The lowest BCUT2D eigenvalue weighted by molar-refractivity contribution is 0.204. The zero-order valence-electron chi connectivity index (χ0n) is 10.1. The van der Waals surface area contributed by atoms with Gasteiger partial charge in [-0.2, -0.15) is 5.26 Å². The van der Waals surface area contributed by atoms with Crippen LogP contribution in [0.15, 0.2) is 30.3 Å². The fourth-order valence-electron chi connectivity index (χ4n) is 2.35. The van der Waals surface area contributed by atoms with Gasteiger partial charge in [0.25, 0.3) is 0 Å². The van der Waals surface area contributed by atoms with Gasteiger partial charge in [-0.1, -0.05) is 30.3 Å². The van der Waals surface area contributed by atoms with Gasteiger partial charge in [0.2, 0.25) is 0 Å². The van der Waals surface area contributed by atoms with Crippen molar-refractivity contribution in [3.8, 4) is 6.07 Å². The molecule has 0 bridgehead atoms. The Balaban J connectivity index is 1.97. The standard InChI is InChI=1S/C14H19N3/c15-8-4-10-17(14-7-9-16-11-14)12-13-5-2-1-3-6-13/h1-3,5-6,14,16H,4,7,9-12H2/t14-/m0/s1. The molecule has 90 valence electrons. The molecule has 0 amide bonds. The summed E-state index contributed by atoms with van der Waals surface area (Å²) >= 11 is 0. The van der Waals surface area contributed by atoms with Crippen molar-refractivity contribution < 1.29 is 0 Å². The predicted molar refractivity (Wildman–Crippen MR) is 68.4 cm³/mol. The number of rotatable bonds is 5. The molecule has 0 aromatic heterocycles. The summed E-state index contributed by atoms with van der Waals surface area (Å²) in [5.74, 6) is 0. The average Bonchev–Trinajstić information content (AvgIpc) is 2.89. The molecule has 2 rings (SSSR count). The van der Waals surface area contributed by atoms with Gasteiger partial charge < -0.3 is 5.32 Å². The molecule has 1 aliphatic heterocycles. The Morgan fingerprint density at radius 1 is 1.35 bits per heavy atom. The van der Waals surface area contributed by atoms with Crippen LogP contribution in [0.1, 0.15) is 18.4 Å². The van der Waals surface area contributed by atoms with E-state index in [1.54, 1.807) is 0 Å². The van der Waals surface area contributed by atoms with Crippen molar-refractivity contribution in [2.45, 2.75) is 25.4 Å². The van der Waals surface area contributed by atoms with Crippen LogP contribution in [0, 0.1) is 11.3 Å². The van der Waals surface area contributed by atoms with Gasteiger partial charge >= 0.3 is 0 Å². The van der Waals surface area contributed by atoms with Crippen molar-refractivity contribution in [1.29, 1.82) is 5.26 Å². The van der Waals surface area contributed by atoms with Crippen molar-refractivity contribution in [3.63, 3.8) is 0 Å². The molecule has 0 aliphatic carbocycles. The zero-order valence-corrected chi connectivity index (χ0v) is 10.1. The maximum absolute atomic E-state index is 8.73. The second-order valence-corrected chi connectivity index (χ2v) is 4.51. The minimum atomic E-state index is 0.587. The van der Waals surface area contributed by atoms with Gasteiger partial charge in [0.05, 0.1) is 6.07 Å². The maximum atomic E-state index is 8.73. The minimum Gasteiger partial charge on any atom is -0.315 e. The van der Waals surface area contributed by atoms with E-state index >= 15 is 0 Å². The lowest BCUT2D eigenvalue weighted by atomic mass is 10.1. The van der Waals surface area contributed by atoms with Crippen molar-refractivity contribution in [3.05, 3.63) is 35.9 Å². The Kier molecular flexibility index (Phi) is 4.54. The highest BCUT2D eigenvalue weighted by atomic mass is 15.2. The Hall–Kier alpha value is -1.37. The molecule has 1 aromatic carbocycles. The fourth-order valence-corrected chi connectivity index (χ4v) is 2.35. The number of hydrogen-bond acceptors (Lipinski definition) is 3. The average molecular weight is 229 g/mol.